The molecule has 0 bridgehead atoms. The van der Waals surface area contributed by atoms with Crippen molar-refractivity contribution in [1.82, 2.24) is 31.5 Å². The standard InChI is InChI=1S/C27H47N7O8/c1-14(2)10-17(28)24(38)32-23(16(5)6)26(40)33-22(15(3)4)25(39)31-12-20(36)29-11-19(35)30-13-21(37)34-9-7-8-18(34)27(41)42/h14-18,22-23H,7-13,28H2,1-6H3,(H,29,36)(H,30,35)(H,31,39)(H,32,38)(H,33,40)(H,41,42)/t17-,18-,22-,23-/m0/s1. The third kappa shape index (κ3) is 12.0. The Morgan fingerprint density at radius 3 is 1.79 bits per heavy atom. The zero-order valence-corrected chi connectivity index (χ0v) is 25.3. The van der Waals surface area contributed by atoms with Crippen molar-refractivity contribution in [1.29, 1.82) is 0 Å². The monoisotopic (exact) mass is 597 g/mol. The Balaban J connectivity index is 2.56. The first-order valence-corrected chi connectivity index (χ1v) is 14.2. The van der Waals surface area contributed by atoms with E-state index in [4.69, 9.17) is 5.73 Å². The highest BCUT2D eigenvalue weighted by Gasteiger charge is 2.34. The van der Waals surface area contributed by atoms with Crippen molar-refractivity contribution in [2.24, 2.45) is 23.5 Å². The topological polar surface area (TPSA) is 229 Å². The van der Waals surface area contributed by atoms with Crippen LogP contribution in [0.2, 0.25) is 0 Å². The van der Waals surface area contributed by atoms with Gasteiger partial charge in [-0.25, -0.2) is 4.79 Å². The molecule has 0 aromatic rings. The van der Waals surface area contributed by atoms with Crippen molar-refractivity contribution in [2.75, 3.05) is 26.2 Å². The van der Waals surface area contributed by atoms with Gasteiger partial charge in [0.2, 0.25) is 35.4 Å². The quantitative estimate of drug-likeness (QED) is 0.105. The number of carbonyl (C=O) groups excluding carboxylic acids is 6. The lowest BCUT2D eigenvalue weighted by Crippen LogP contribution is -2.59. The number of nitrogens with two attached hydrogens (primary N) is 1. The van der Waals surface area contributed by atoms with Gasteiger partial charge in [-0.05, 0) is 37.0 Å². The van der Waals surface area contributed by atoms with E-state index in [1.54, 1.807) is 27.7 Å². The molecule has 0 spiro atoms. The Hall–Kier alpha value is -3.75. The minimum absolute atomic E-state index is 0.190. The summed E-state index contributed by atoms with van der Waals surface area (Å²) >= 11 is 0. The number of hydrogen-bond donors (Lipinski definition) is 7. The maximum absolute atomic E-state index is 13.0. The van der Waals surface area contributed by atoms with Crippen molar-refractivity contribution in [3.63, 3.8) is 0 Å². The van der Waals surface area contributed by atoms with Gasteiger partial charge in [0.1, 0.15) is 18.1 Å². The van der Waals surface area contributed by atoms with Crippen molar-refractivity contribution in [3.05, 3.63) is 0 Å². The second-order valence-electron chi connectivity index (χ2n) is 11.6. The molecule has 1 aliphatic heterocycles. The summed E-state index contributed by atoms with van der Waals surface area (Å²) < 4.78 is 0. The van der Waals surface area contributed by atoms with E-state index < -0.39 is 85.2 Å². The molecule has 1 heterocycles. The Kier molecular flexibility index (Phi) is 14.9. The first kappa shape index (κ1) is 36.3. The van der Waals surface area contributed by atoms with E-state index in [-0.39, 0.29) is 17.8 Å². The molecule has 6 amide bonds. The highest BCUT2D eigenvalue weighted by atomic mass is 16.4. The molecule has 42 heavy (non-hydrogen) atoms. The predicted molar refractivity (Wildman–Crippen MR) is 152 cm³/mol. The van der Waals surface area contributed by atoms with Gasteiger partial charge in [-0.2, -0.15) is 0 Å². The molecule has 238 valence electrons. The molecule has 4 atom stereocenters. The number of likely N-dealkylation sites (tertiary alicyclic amines) is 1. The van der Waals surface area contributed by atoms with Crippen molar-refractivity contribution < 1.29 is 38.7 Å². The average molecular weight is 598 g/mol. The lowest BCUT2D eigenvalue weighted by molar-refractivity contribution is -0.148. The van der Waals surface area contributed by atoms with Crippen LogP contribution < -0.4 is 32.3 Å². The van der Waals surface area contributed by atoms with Crippen LogP contribution in [0.25, 0.3) is 0 Å². The maximum Gasteiger partial charge on any atom is 0.326 e. The van der Waals surface area contributed by atoms with E-state index in [1.807, 2.05) is 13.8 Å². The zero-order chi connectivity index (χ0) is 32.1. The van der Waals surface area contributed by atoms with E-state index in [0.29, 0.717) is 25.8 Å². The molecule has 0 saturated carbocycles. The van der Waals surface area contributed by atoms with Crippen LogP contribution in [0.5, 0.6) is 0 Å². The third-order valence-electron chi connectivity index (χ3n) is 6.72. The molecule has 1 aliphatic rings. The Morgan fingerprint density at radius 2 is 1.26 bits per heavy atom. The minimum Gasteiger partial charge on any atom is -0.480 e. The smallest absolute Gasteiger partial charge is 0.326 e. The Bertz CT molecular complexity index is 1000. The van der Waals surface area contributed by atoms with Crippen molar-refractivity contribution >= 4 is 41.4 Å². The summed E-state index contributed by atoms with van der Waals surface area (Å²) in [5.74, 6) is -5.12. The minimum atomic E-state index is -1.10. The number of aliphatic carboxylic acids is 1. The van der Waals surface area contributed by atoms with Gasteiger partial charge >= 0.3 is 5.97 Å². The van der Waals surface area contributed by atoms with Gasteiger partial charge in [-0.3, -0.25) is 28.8 Å². The first-order chi connectivity index (χ1) is 19.5. The van der Waals surface area contributed by atoms with Gasteiger partial charge < -0.3 is 42.3 Å². The third-order valence-corrected chi connectivity index (χ3v) is 6.72. The fourth-order valence-electron chi connectivity index (χ4n) is 4.37. The van der Waals surface area contributed by atoms with Crippen LogP contribution in [0.4, 0.5) is 0 Å². The molecule has 0 aliphatic carbocycles. The summed E-state index contributed by atoms with van der Waals surface area (Å²) in [7, 11) is 0. The predicted octanol–water partition coefficient (Wildman–Crippen LogP) is -1.93. The van der Waals surface area contributed by atoms with Crippen LogP contribution in [0, 0.1) is 17.8 Å². The van der Waals surface area contributed by atoms with Gasteiger partial charge in [0.05, 0.1) is 25.7 Å². The molecular weight excluding hydrogens is 550 g/mol. The molecule has 1 saturated heterocycles. The highest BCUT2D eigenvalue weighted by molar-refractivity contribution is 5.95. The molecule has 0 radical (unpaired) electrons. The summed E-state index contributed by atoms with van der Waals surface area (Å²) in [6, 6.07) is -3.64. The van der Waals surface area contributed by atoms with Gasteiger partial charge in [-0.1, -0.05) is 41.5 Å². The van der Waals surface area contributed by atoms with E-state index in [2.05, 4.69) is 26.6 Å². The second-order valence-corrected chi connectivity index (χ2v) is 11.6. The van der Waals surface area contributed by atoms with E-state index in [0.717, 1.165) is 0 Å². The summed E-state index contributed by atoms with van der Waals surface area (Å²) in [6.45, 7) is 9.70. The molecule has 0 unspecified atom stereocenters. The van der Waals surface area contributed by atoms with Crippen LogP contribution in [-0.4, -0.2) is 102 Å². The number of amides is 6. The number of rotatable bonds is 16. The summed E-state index contributed by atoms with van der Waals surface area (Å²) in [5, 5.41) is 21.5. The van der Waals surface area contributed by atoms with E-state index >= 15 is 0 Å². The maximum atomic E-state index is 13.0. The van der Waals surface area contributed by atoms with Crippen LogP contribution in [0.3, 0.4) is 0 Å². The molecule has 15 heteroatoms. The highest BCUT2D eigenvalue weighted by Crippen LogP contribution is 2.17. The first-order valence-electron chi connectivity index (χ1n) is 14.2. The number of nitrogens with zero attached hydrogens (tertiary/aromatic N) is 1. The molecule has 8 N–H and O–H groups in total. The summed E-state index contributed by atoms with van der Waals surface area (Å²) in [6.07, 6.45) is 1.35. The normalized spacial score (nSPS) is 16.9. The lowest BCUT2D eigenvalue weighted by Gasteiger charge is -2.28. The van der Waals surface area contributed by atoms with Crippen LogP contribution in [-0.2, 0) is 33.6 Å². The SMILES string of the molecule is CC(C)C[C@H](N)C(=O)N[C@H](C(=O)N[C@H](C(=O)NCC(=O)NCC(=O)NCC(=O)N1CCC[C@H]1C(=O)O)C(C)C)C(C)C. The van der Waals surface area contributed by atoms with Gasteiger partial charge in [0, 0.05) is 6.54 Å². The molecular formula is C27H47N7O8. The number of nitrogens with one attached hydrogen (secondary N) is 5. The van der Waals surface area contributed by atoms with Crippen LogP contribution in [0.1, 0.15) is 60.8 Å². The second kappa shape index (κ2) is 17.3. The Morgan fingerprint density at radius 1 is 0.762 bits per heavy atom. The Labute approximate surface area is 246 Å². The van der Waals surface area contributed by atoms with Crippen LogP contribution in [0.15, 0.2) is 0 Å². The molecule has 0 aromatic heterocycles. The van der Waals surface area contributed by atoms with Gasteiger partial charge in [0.25, 0.3) is 0 Å². The summed E-state index contributed by atoms with van der Waals surface area (Å²) in [5.41, 5.74) is 5.94. The lowest BCUT2D eigenvalue weighted by atomic mass is 9.98. The number of carboxylic acid groups (broad SMARTS) is 1. The zero-order valence-electron chi connectivity index (χ0n) is 25.3. The summed E-state index contributed by atoms with van der Waals surface area (Å²) in [4.78, 5) is 87.2. The number of carboxylic acids is 1. The average Bonchev–Trinajstić information content (AvgIpc) is 3.40. The van der Waals surface area contributed by atoms with Gasteiger partial charge in [0.15, 0.2) is 0 Å². The number of hydrogen-bond acceptors (Lipinski definition) is 8. The van der Waals surface area contributed by atoms with E-state index in [9.17, 15) is 38.7 Å². The fraction of sp³-hybridized carbons (Fsp3) is 0.741. The van der Waals surface area contributed by atoms with Gasteiger partial charge in [-0.15, -0.1) is 0 Å². The van der Waals surface area contributed by atoms with E-state index in [1.165, 1.54) is 4.90 Å². The largest absolute Gasteiger partial charge is 0.480 e. The fourth-order valence-corrected chi connectivity index (χ4v) is 4.37. The molecule has 0 aromatic carbocycles. The van der Waals surface area contributed by atoms with Crippen molar-refractivity contribution in [3.8, 4) is 0 Å². The molecule has 1 rings (SSSR count). The molecule has 15 nitrogen and oxygen atoms in total. The van der Waals surface area contributed by atoms with Crippen molar-refractivity contribution in [2.45, 2.75) is 85.0 Å². The number of carbonyl (C=O) groups is 7. The van der Waals surface area contributed by atoms with Crippen LogP contribution >= 0.6 is 0 Å². The molecule has 1 fully saturated rings.